The Morgan fingerprint density at radius 1 is 1.00 bits per heavy atom. The predicted octanol–water partition coefficient (Wildman–Crippen LogP) is 2.70. The van der Waals surface area contributed by atoms with Crippen molar-refractivity contribution in [2.45, 2.75) is 65.6 Å². The van der Waals surface area contributed by atoms with Crippen molar-refractivity contribution < 1.29 is 19.1 Å². The van der Waals surface area contributed by atoms with Gasteiger partial charge in [-0.15, -0.1) is 0 Å². The summed E-state index contributed by atoms with van der Waals surface area (Å²) in [6.07, 6.45) is 3.48. The fraction of sp³-hybridized carbons (Fsp3) is 0.857. The first-order valence-electron chi connectivity index (χ1n) is 6.81. The van der Waals surface area contributed by atoms with Crippen molar-refractivity contribution in [3.05, 3.63) is 0 Å². The van der Waals surface area contributed by atoms with Crippen molar-refractivity contribution in [3.63, 3.8) is 0 Å². The van der Waals surface area contributed by atoms with Crippen molar-refractivity contribution >= 4 is 11.9 Å². The van der Waals surface area contributed by atoms with Crippen molar-refractivity contribution in [3.8, 4) is 0 Å². The van der Waals surface area contributed by atoms with E-state index >= 15 is 0 Å². The molecule has 0 saturated heterocycles. The van der Waals surface area contributed by atoms with E-state index in [2.05, 4.69) is 0 Å². The summed E-state index contributed by atoms with van der Waals surface area (Å²) in [6.45, 7) is 7.13. The third kappa shape index (κ3) is 5.52. The molecule has 0 aliphatic heterocycles. The van der Waals surface area contributed by atoms with E-state index in [0.717, 1.165) is 6.42 Å². The average Bonchev–Trinajstić information content (AvgIpc) is 2.99. The van der Waals surface area contributed by atoms with Crippen LogP contribution in [0.2, 0.25) is 0 Å². The molecule has 1 aliphatic rings. The predicted molar refractivity (Wildman–Crippen MR) is 67.9 cm³/mol. The van der Waals surface area contributed by atoms with E-state index < -0.39 is 17.9 Å². The second-order valence-corrected chi connectivity index (χ2v) is 5.54. The van der Waals surface area contributed by atoms with Gasteiger partial charge in [-0.1, -0.05) is 12.8 Å². The molecule has 4 nitrogen and oxygen atoms in total. The zero-order valence-corrected chi connectivity index (χ0v) is 11.8. The van der Waals surface area contributed by atoms with Crippen LogP contribution in [0, 0.1) is 11.8 Å². The summed E-state index contributed by atoms with van der Waals surface area (Å²) in [4.78, 5) is 23.8. The first-order valence-corrected chi connectivity index (χ1v) is 6.81. The van der Waals surface area contributed by atoms with Crippen molar-refractivity contribution in [1.29, 1.82) is 0 Å². The summed E-state index contributed by atoms with van der Waals surface area (Å²) in [5, 5.41) is 0. The average molecular weight is 256 g/mol. The van der Waals surface area contributed by atoms with Gasteiger partial charge in [0.2, 0.25) is 0 Å². The van der Waals surface area contributed by atoms with Crippen LogP contribution in [-0.4, -0.2) is 24.1 Å². The quantitative estimate of drug-likeness (QED) is 0.519. The van der Waals surface area contributed by atoms with Crippen LogP contribution in [0.4, 0.5) is 0 Å². The van der Waals surface area contributed by atoms with E-state index in [1.165, 1.54) is 12.8 Å². The Morgan fingerprint density at radius 3 is 1.78 bits per heavy atom. The summed E-state index contributed by atoms with van der Waals surface area (Å²) in [7, 11) is 0. The second kappa shape index (κ2) is 6.76. The molecule has 1 aliphatic carbocycles. The monoisotopic (exact) mass is 256 g/mol. The summed E-state index contributed by atoms with van der Waals surface area (Å²) in [5.41, 5.74) is 0. The molecule has 0 unspecified atom stereocenters. The topological polar surface area (TPSA) is 52.6 Å². The van der Waals surface area contributed by atoms with Crippen LogP contribution in [0.3, 0.4) is 0 Å². The van der Waals surface area contributed by atoms with Gasteiger partial charge in [0.25, 0.3) is 0 Å². The molecule has 0 radical (unpaired) electrons. The van der Waals surface area contributed by atoms with Gasteiger partial charge in [-0.05, 0) is 46.5 Å². The van der Waals surface area contributed by atoms with Gasteiger partial charge in [-0.3, -0.25) is 9.59 Å². The minimum Gasteiger partial charge on any atom is -0.462 e. The molecule has 0 N–H and O–H groups in total. The maximum Gasteiger partial charge on any atom is 0.320 e. The molecular weight excluding hydrogens is 232 g/mol. The first-order chi connectivity index (χ1) is 8.40. The Balaban J connectivity index is 2.53. The number of ether oxygens (including phenoxy) is 2. The fourth-order valence-corrected chi connectivity index (χ4v) is 1.77. The molecule has 18 heavy (non-hydrogen) atoms. The highest BCUT2D eigenvalue weighted by Gasteiger charge is 2.33. The molecule has 0 heterocycles. The van der Waals surface area contributed by atoms with Crippen LogP contribution in [0.5, 0.6) is 0 Å². The van der Waals surface area contributed by atoms with Gasteiger partial charge in [0.1, 0.15) is 0 Å². The Kier molecular flexibility index (Phi) is 5.63. The number of carbonyl (C=O) groups excluding carboxylic acids is 2. The Labute approximate surface area is 109 Å². The molecule has 0 aromatic rings. The number of esters is 2. The molecule has 1 fully saturated rings. The van der Waals surface area contributed by atoms with E-state index in [1.54, 1.807) is 27.7 Å². The number of hydrogen-bond acceptors (Lipinski definition) is 4. The summed E-state index contributed by atoms with van der Waals surface area (Å²) < 4.78 is 10.3. The van der Waals surface area contributed by atoms with Crippen LogP contribution in [0.1, 0.15) is 53.4 Å². The maximum atomic E-state index is 11.9. The molecule has 0 aromatic carbocycles. The van der Waals surface area contributed by atoms with E-state index in [9.17, 15) is 9.59 Å². The second-order valence-electron chi connectivity index (χ2n) is 5.54. The minimum absolute atomic E-state index is 0.201. The molecule has 104 valence electrons. The lowest BCUT2D eigenvalue weighted by atomic mass is 10.0. The van der Waals surface area contributed by atoms with Gasteiger partial charge in [0.05, 0.1) is 12.2 Å². The Morgan fingerprint density at radius 2 is 1.44 bits per heavy atom. The standard InChI is InChI=1S/C14H24O4/c1-9(2)17-13(15)12(8-7-11-5-6-11)14(16)18-10(3)4/h9-12H,5-8H2,1-4H3. The zero-order chi connectivity index (χ0) is 13.7. The van der Waals surface area contributed by atoms with Crippen LogP contribution in [-0.2, 0) is 19.1 Å². The number of carbonyl (C=O) groups is 2. The molecule has 1 rings (SSSR count). The van der Waals surface area contributed by atoms with Crippen LogP contribution >= 0.6 is 0 Å². The third-order valence-electron chi connectivity index (χ3n) is 2.83. The van der Waals surface area contributed by atoms with Crippen LogP contribution in [0.25, 0.3) is 0 Å². The highest BCUT2D eigenvalue weighted by atomic mass is 16.6. The molecule has 0 bridgehead atoms. The summed E-state index contributed by atoms with van der Waals surface area (Å²) in [6, 6.07) is 0. The molecule has 0 atom stereocenters. The highest BCUT2D eigenvalue weighted by molar-refractivity contribution is 5.95. The van der Waals surface area contributed by atoms with Gasteiger partial charge in [-0.2, -0.15) is 0 Å². The van der Waals surface area contributed by atoms with E-state index in [0.29, 0.717) is 12.3 Å². The molecule has 1 saturated carbocycles. The van der Waals surface area contributed by atoms with E-state index in [4.69, 9.17) is 9.47 Å². The molecule has 0 spiro atoms. The van der Waals surface area contributed by atoms with Gasteiger partial charge in [0.15, 0.2) is 5.92 Å². The van der Waals surface area contributed by atoms with Crippen molar-refractivity contribution in [2.24, 2.45) is 11.8 Å². The van der Waals surface area contributed by atoms with Crippen molar-refractivity contribution in [2.75, 3.05) is 0 Å². The molecule has 0 amide bonds. The first kappa shape index (κ1) is 15.0. The van der Waals surface area contributed by atoms with Gasteiger partial charge < -0.3 is 9.47 Å². The number of hydrogen-bond donors (Lipinski definition) is 0. The highest BCUT2D eigenvalue weighted by Crippen LogP contribution is 2.35. The number of rotatable bonds is 7. The van der Waals surface area contributed by atoms with Gasteiger partial charge in [-0.25, -0.2) is 0 Å². The van der Waals surface area contributed by atoms with Crippen LogP contribution in [0.15, 0.2) is 0 Å². The SMILES string of the molecule is CC(C)OC(=O)C(CCC1CC1)C(=O)OC(C)C. The Bertz CT molecular complexity index is 270. The third-order valence-corrected chi connectivity index (χ3v) is 2.83. The summed E-state index contributed by atoms with van der Waals surface area (Å²) in [5.74, 6) is -0.964. The fourth-order valence-electron chi connectivity index (χ4n) is 1.77. The lowest BCUT2D eigenvalue weighted by Crippen LogP contribution is -2.31. The van der Waals surface area contributed by atoms with Gasteiger partial charge >= 0.3 is 11.9 Å². The van der Waals surface area contributed by atoms with Crippen molar-refractivity contribution in [1.82, 2.24) is 0 Å². The Hall–Kier alpha value is -1.06. The minimum atomic E-state index is -0.754. The lowest BCUT2D eigenvalue weighted by molar-refractivity contribution is -0.166. The molecule has 4 heteroatoms. The molecular formula is C14H24O4. The summed E-state index contributed by atoms with van der Waals surface area (Å²) >= 11 is 0. The maximum absolute atomic E-state index is 11.9. The van der Waals surface area contributed by atoms with E-state index in [1.807, 2.05) is 0 Å². The van der Waals surface area contributed by atoms with Gasteiger partial charge in [0, 0.05) is 0 Å². The van der Waals surface area contributed by atoms with E-state index in [-0.39, 0.29) is 12.2 Å². The molecule has 0 aromatic heterocycles. The van der Waals surface area contributed by atoms with Crippen LogP contribution < -0.4 is 0 Å². The normalized spacial score (nSPS) is 15.3. The lowest BCUT2D eigenvalue weighted by Gasteiger charge is -2.18. The largest absolute Gasteiger partial charge is 0.462 e. The zero-order valence-electron chi connectivity index (χ0n) is 11.8. The smallest absolute Gasteiger partial charge is 0.320 e.